The summed E-state index contributed by atoms with van der Waals surface area (Å²) in [6.45, 7) is 2.31. The Morgan fingerprint density at radius 1 is 1.36 bits per heavy atom. The molecule has 0 saturated heterocycles. The Balaban J connectivity index is 1.91. The molecule has 1 amide bonds. The van der Waals surface area contributed by atoms with Crippen molar-refractivity contribution in [2.45, 2.75) is 51.0 Å². The number of nitrogens with one attached hydrogen (secondary N) is 1. The van der Waals surface area contributed by atoms with Crippen molar-refractivity contribution in [3.63, 3.8) is 0 Å². The van der Waals surface area contributed by atoms with Gasteiger partial charge < -0.3 is 10.1 Å². The minimum atomic E-state index is -0.229. The molecule has 3 aliphatic rings. The highest BCUT2D eigenvalue weighted by molar-refractivity contribution is 5.68. The fourth-order valence-corrected chi connectivity index (χ4v) is 2.82. The van der Waals surface area contributed by atoms with Gasteiger partial charge in [0.15, 0.2) is 0 Å². The average Bonchev–Trinajstić information content (AvgIpc) is 2.20. The average molecular weight is 197 g/mol. The van der Waals surface area contributed by atoms with Crippen LogP contribution in [0.25, 0.3) is 0 Å². The molecule has 3 saturated carbocycles. The zero-order valence-corrected chi connectivity index (χ0v) is 8.84. The number of rotatable bonds is 2. The van der Waals surface area contributed by atoms with Crippen LogP contribution in [-0.2, 0) is 4.74 Å². The van der Waals surface area contributed by atoms with Gasteiger partial charge >= 0.3 is 6.09 Å². The standard InChI is InChI=1S/C11H19NO2/c1-2-14-10(13)12-11-6-3-9(4-7-11)5-8-11/h9H,2-8H2,1H3,(H,12,13). The predicted octanol–water partition coefficient (Wildman–Crippen LogP) is 2.46. The first kappa shape index (κ1) is 9.81. The highest BCUT2D eigenvalue weighted by atomic mass is 16.5. The van der Waals surface area contributed by atoms with E-state index in [2.05, 4.69) is 5.32 Å². The van der Waals surface area contributed by atoms with E-state index in [9.17, 15) is 4.79 Å². The van der Waals surface area contributed by atoms with E-state index in [0.717, 1.165) is 25.2 Å². The van der Waals surface area contributed by atoms with Gasteiger partial charge in [0.25, 0.3) is 0 Å². The van der Waals surface area contributed by atoms with Gasteiger partial charge in [0, 0.05) is 5.54 Å². The molecule has 2 bridgehead atoms. The lowest BCUT2D eigenvalue weighted by atomic mass is 9.66. The monoisotopic (exact) mass is 197 g/mol. The molecule has 3 fully saturated rings. The molecule has 0 aromatic rings. The molecule has 0 spiro atoms. The Morgan fingerprint density at radius 2 is 1.93 bits per heavy atom. The Morgan fingerprint density at radius 3 is 2.43 bits per heavy atom. The lowest BCUT2D eigenvalue weighted by Crippen LogP contribution is -2.53. The van der Waals surface area contributed by atoms with E-state index in [1.54, 1.807) is 0 Å². The Kier molecular flexibility index (Phi) is 2.66. The minimum absolute atomic E-state index is 0.0843. The number of fused-ring (bicyclic) bond motifs is 3. The van der Waals surface area contributed by atoms with Crippen LogP contribution in [-0.4, -0.2) is 18.2 Å². The highest BCUT2D eigenvalue weighted by Gasteiger charge is 2.41. The van der Waals surface area contributed by atoms with E-state index in [1.807, 2.05) is 6.92 Å². The molecule has 0 aliphatic heterocycles. The summed E-state index contributed by atoms with van der Waals surface area (Å²) in [5.74, 6) is 0.931. The van der Waals surface area contributed by atoms with E-state index >= 15 is 0 Å². The molecular weight excluding hydrogens is 178 g/mol. The third kappa shape index (κ3) is 1.86. The summed E-state index contributed by atoms with van der Waals surface area (Å²) >= 11 is 0. The van der Waals surface area contributed by atoms with E-state index in [-0.39, 0.29) is 11.6 Å². The first-order valence-electron chi connectivity index (χ1n) is 5.69. The van der Waals surface area contributed by atoms with Gasteiger partial charge in [0.2, 0.25) is 0 Å². The molecule has 3 heteroatoms. The summed E-state index contributed by atoms with van der Waals surface area (Å²) in [6.07, 6.45) is 7.07. The van der Waals surface area contributed by atoms with Crippen molar-refractivity contribution in [2.75, 3.05) is 6.61 Å². The maximum Gasteiger partial charge on any atom is 0.407 e. The number of ether oxygens (including phenoxy) is 1. The summed E-state index contributed by atoms with van der Waals surface area (Å²) < 4.78 is 4.94. The summed E-state index contributed by atoms with van der Waals surface area (Å²) in [4.78, 5) is 11.4. The molecular formula is C11H19NO2. The van der Waals surface area contributed by atoms with Gasteiger partial charge in [-0.05, 0) is 51.4 Å². The predicted molar refractivity (Wildman–Crippen MR) is 54.1 cm³/mol. The Bertz CT molecular complexity index is 206. The zero-order chi connectivity index (χ0) is 10.0. The lowest BCUT2D eigenvalue weighted by Gasteiger charge is -2.46. The van der Waals surface area contributed by atoms with E-state index < -0.39 is 0 Å². The van der Waals surface area contributed by atoms with Crippen LogP contribution in [0.15, 0.2) is 0 Å². The number of hydrogen-bond acceptors (Lipinski definition) is 2. The molecule has 3 nitrogen and oxygen atoms in total. The maximum atomic E-state index is 11.4. The Labute approximate surface area is 85.2 Å². The van der Waals surface area contributed by atoms with Crippen molar-refractivity contribution in [1.29, 1.82) is 0 Å². The van der Waals surface area contributed by atoms with Crippen LogP contribution >= 0.6 is 0 Å². The van der Waals surface area contributed by atoms with E-state index in [1.165, 1.54) is 19.3 Å². The van der Waals surface area contributed by atoms with Crippen LogP contribution in [0.3, 0.4) is 0 Å². The van der Waals surface area contributed by atoms with Crippen LogP contribution < -0.4 is 5.32 Å². The van der Waals surface area contributed by atoms with Gasteiger partial charge in [-0.3, -0.25) is 0 Å². The minimum Gasteiger partial charge on any atom is -0.450 e. The second-order valence-corrected chi connectivity index (χ2v) is 4.61. The second-order valence-electron chi connectivity index (χ2n) is 4.61. The van der Waals surface area contributed by atoms with Crippen LogP contribution in [0, 0.1) is 5.92 Å². The van der Waals surface area contributed by atoms with Gasteiger partial charge in [-0.1, -0.05) is 0 Å². The van der Waals surface area contributed by atoms with Crippen molar-refractivity contribution in [1.82, 2.24) is 5.32 Å². The summed E-state index contributed by atoms with van der Waals surface area (Å²) in [5, 5.41) is 3.06. The topological polar surface area (TPSA) is 38.3 Å². The maximum absolute atomic E-state index is 11.4. The summed E-state index contributed by atoms with van der Waals surface area (Å²) in [7, 11) is 0. The van der Waals surface area contributed by atoms with Gasteiger partial charge in [0.05, 0.1) is 6.61 Å². The number of carbonyl (C=O) groups is 1. The van der Waals surface area contributed by atoms with Crippen LogP contribution in [0.1, 0.15) is 45.4 Å². The fraction of sp³-hybridized carbons (Fsp3) is 0.909. The van der Waals surface area contributed by atoms with Crippen molar-refractivity contribution >= 4 is 6.09 Å². The first-order chi connectivity index (χ1) is 6.74. The van der Waals surface area contributed by atoms with Gasteiger partial charge in [-0.25, -0.2) is 4.79 Å². The van der Waals surface area contributed by atoms with Crippen molar-refractivity contribution in [3.8, 4) is 0 Å². The molecule has 3 aliphatic carbocycles. The molecule has 0 aromatic heterocycles. The molecule has 0 radical (unpaired) electrons. The molecule has 0 atom stereocenters. The number of amides is 1. The van der Waals surface area contributed by atoms with Crippen molar-refractivity contribution in [3.05, 3.63) is 0 Å². The first-order valence-corrected chi connectivity index (χ1v) is 5.69. The fourth-order valence-electron chi connectivity index (χ4n) is 2.82. The quantitative estimate of drug-likeness (QED) is 0.738. The van der Waals surface area contributed by atoms with Crippen molar-refractivity contribution < 1.29 is 9.53 Å². The van der Waals surface area contributed by atoms with E-state index in [0.29, 0.717) is 6.61 Å². The summed E-state index contributed by atoms with van der Waals surface area (Å²) in [5.41, 5.74) is 0.0843. The van der Waals surface area contributed by atoms with Crippen LogP contribution in [0.2, 0.25) is 0 Å². The van der Waals surface area contributed by atoms with Crippen LogP contribution in [0.5, 0.6) is 0 Å². The SMILES string of the molecule is CCOC(=O)NC12CCC(CC1)CC2. The highest BCUT2D eigenvalue weighted by Crippen LogP contribution is 2.43. The van der Waals surface area contributed by atoms with Crippen LogP contribution in [0.4, 0.5) is 4.79 Å². The van der Waals surface area contributed by atoms with Gasteiger partial charge in [-0.2, -0.15) is 0 Å². The molecule has 0 unspecified atom stereocenters. The lowest BCUT2D eigenvalue weighted by molar-refractivity contribution is 0.0853. The molecule has 1 N–H and O–H groups in total. The smallest absolute Gasteiger partial charge is 0.407 e. The van der Waals surface area contributed by atoms with Crippen molar-refractivity contribution in [2.24, 2.45) is 5.92 Å². The number of carbonyl (C=O) groups excluding carboxylic acids is 1. The second kappa shape index (κ2) is 3.79. The molecule has 0 heterocycles. The third-order valence-corrected chi connectivity index (χ3v) is 3.74. The zero-order valence-electron chi connectivity index (χ0n) is 8.84. The Hall–Kier alpha value is -0.730. The molecule has 80 valence electrons. The van der Waals surface area contributed by atoms with Gasteiger partial charge in [0.1, 0.15) is 0 Å². The number of hydrogen-bond donors (Lipinski definition) is 1. The largest absolute Gasteiger partial charge is 0.450 e. The molecule has 3 rings (SSSR count). The molecule has 0 aromatic carbocycles. The summed E-state index contributed by atoms with van der Waals surface area (Å²) in [6, 6.07) is 0. The normalized spacial score (nSPS) is 35.4. The van der Waals surface area contributed by atoms with Gasteiger partial charge in [-0.15, -0.1) is 0 Å². The molecule has 14 heavy (non-hydrogen) atoms. The number of alkyl carbamates (subject to hydrolysis) is 1. The van der Waals surface area contributed by atoms with E-state index in [4.69, 9.17) is 4.74 Å². The third-order valence-electron chi connectivity index (χ3n) is 3.74.